The third-order valence-corrected chi connectivity index (χ3v) is 3.25. The number of hydrogen-bond donors (Lipinski definition) is 1. The molecular weight excluding hydrogens is 294 g/mol. The number of ether oxygens (including phenoxy) is 1. The molecule has 3 rings (SSSR count). The Morgan fingerprint density at radius 3 is 2.65 bits per heavy atom. The smallest absolute Gasteiger partial charge is 0.347 e. The lowest BCUT2D eigenvalue weighted by Gasteiger charge is -2.11. The van der Waals surface area contributed by atoms with Gasteiger partial charge < -0.3 is 10.1 Å². The number of rotatable bonds is 4. The summed E-state index contributed by atoms with van der Waals surface area (Å²) in [4.78, 5) is 29.2. The molecule has 6 nitrogen and oxygen atoms in total. The molecule has 1 aromatic carbocycles. The van der Waals surface area contributed by atoms with E-state index in [0.717, 1.165) is 5.69 Å². The first kappa shape index (κ1) is 14.8. The van der Waals surface area contributed by atoms with Crippen molar-refractivity contribution in [2.75, 3.05) is 11.9 Å². The molecule has 3 aromatic rings. The molecule has 6 heteroatoms. The number of aromatic nitrogens is 2. The molecule has 2 heterocycles. The largest absolute Gasteiger partial charge is 0.462 e. The number of carbonyl (C=O) groups excluding carboxylic acids is 1. The van der Waals surface area contributed by atoms with Crippen LogP contribution in [0.25, 0.3) is 5.65 Å². The molecule has 2 aromatic heterocycles. The molecule has 0 saturated heterocycles. The number of nitrogens with zero attached hydrogens (tertiary/aromatic N) is 2. The fraction of sp³-hybridized carbons (Fsp3) is 0.118. The zero-order valence-electron chi connectivity index (χ0n) is 12.5. The van der Waals surface area contributed by atoms with Crippen LogP contribution in [0.2, 0.25) is 0 Å². The van der Waals surface area contributed by atoms with Crippen LogP contribution in [0.5, 0.6) is 0 Å². The van der Waals surface area contributed by atoms with E-state index in [4.69, 9.17) is 4.74 Å². The van der Waals surface area contributed by atoms with Crippen LogP contribution in [-0.4, -0.2) is 22.0 Å². The summed E-state index contributed by atoms with van der Waals surface area (Å²) >= 11 is 0. The Hall–Kier alpha value is -3.15. The molecule has 0 radical (unpaired) electrons. The van der Waals surface area contributed by atoms with Crippen molar-refractivity contribution in [1.82, 2.24) is 9.38 Å². The Morgan fingerprint density at radius 2 is 1.91 bits per heavy atom. The minimum absolute atomic E-state index is 0.112. The Bertz CT molecular complexity index is 904. The molecule has 23 heavy (non-hydrogen) atoms. The Balaban J connectivity index is 2.19. The predicted octanol–water partition coefficient (Wildman–Crippen LogP) is 2.61. The summed E-state index contributed by atoms with van der Waals surface area (Å²) < 4.78 is 6.33. The minimum atomic E-state index is -0.693. The normalized spacial score (nSPS) is 10.5. The summed E-state index contributed by atoms with van der Waals surface area (Å²) in [5.41, 5.74) is 0.598. The Morgan fingerprint density at radius 1 is 1.17 bits per heavy atom. The highest BCUT2D eigenvalue weighted by molar-refractivity contribution is 5.95. The van der Waals surface area contributed by atoms with Crippen LogP contribution < -0.4 is 10.9 Å². The lowest BCUT2D eigenvalue weighted by molar-refractivity contribution is 0.0525. The van der Waals surface area contributed by atoms with Crippen LogP contribution >= 0.6 is 0 Å². The topological polar surface area (TPSA) is 72.7 Å². The van der Waals surface area contributed by atoms with Gasteiger partial charge in [-0.1, -0.05) is 24.3 Å². The van der Waals surface area contributed by atoms with Gasteiger partial charge in [-0.15, -0.1) is 0 Å². The van der Waals surface area contributed by atoms with E-state index in [-0.39, 0.29) is 18.0 Å². The van der Waals surface area contributed by atoms with Gasteiger partial charge >= 0.3 is 5.97 Å². The van der Waals surface area contributed by atoms with Gasteiger partial charge in [-0.2, -0.15) is 0 Å². The molecule has 0 spiro atoms. The molecule has 1 N–H and O–H groups in total. The fourth-order valence-electron chi connectivity index (χ4n) is 2.23. The van der Waals surface area contributed by atoms with E-state index in [0.29, 0.717) is 5.65 Å². The summed E-state index contributed by atoms with van der Waals surface area (Å²) in [5, 5.41) is 3.02. The van der Waals surface area contributed by atoms with Crippen LogP contribution in [0.15, 0.2) is 59.5 Å². The second kappa shape index (κ2) is 6.31. The molecule has 0 aliphatic carbocycles. The number of pyridine rings is 1. The van der Waals surface area contributed by atoms with Crippen molar-refractivity contribution >= 4 is 23.1 Å². The lowest BCUT2D eigenvalue weighted by Crippen LogP contribution is -2.26. The second-order valence-electron chi connectivity index (χ2n) is 4.78. The van der Waals surface area contributed by atoms with Gasteiger partial charge in [0, 0.05) is 11.9 Å². The van der Waals surface area contributed by atoms with E-state index in [2.05, 4.69) is 10.3 Å². The molecule has 0 amide bonds. The lowest BCUT2D eigenvalue weighted by atomic mass is 10.2. The zero-order valence-corrected chi connectivity index (χ0v) is 12.5. The summed E-state index contributed by atoms with van der Waals surface area (Å²) in [6.45, 7) is 1.87. The predicted molar refractivity (Wildman–Crippen MR) is 87.1 cm³/mol. The van der Waals surface area contributed by atoms with Crippen molar-refractivity contribution in [3.63, 3.8) is 0 Å². The quantitative estimate of drug-likeness (QED) is 0.750. The molecule has 0 fully saturated rings. The highest BCUT2D eigenvalue weighted by Gasteiger charge is 2.21. The van der Waals surface area contributed by atoms with Gasteiger partial charge in [-0.05, 0) is 31.2 Å². The van der Waals surface area contributed by atoms with Gasteiger partial charge in [0.25, 0.3) is 5.56 Å². The van der Waals surface area contributed by atoms with Crippen molar-refractivity contribution < 1.29 is 9.53 Å². The van der Waals surface area contributed by atoms with Crippen LogP contribution in [-0.2, 0) is 4.74 Å². The highest BCUT2D eigenvalue weighted by Crippen LogP contribution is 2.18. The minimum Gasteiger partial charge on any atom is -0.462 e. The number of nitrogens with one attached hydrogen (secondary N) is 1. The van der Waals surface area contributed by atoms with E-state index < -0.39 is 11.5 Å². The molecular formula is C17H15N3O3. The summed E-state index contributed by atoms with van der Waals surface area (Å²) in [7, 11) is 0. The van der Waals surface area contributed by atoms with Crippen LogP contribution in [0.3, 0.4) is 0 Å². The highest BCUT2D eigenvalue weighted by atomic mass is 16.5. The average Bonchev–Trinajstić information content (AvgIpc) is 2.56. The second-order valence-corrected chi connectivity index (χ2v) is 4.78. The van der Waals surface area contributed by atoms with Crippen LogP contribution in [0, 0.1) is 0 Å². The number of esters is 1. The van der Waals surface area contributed by atoms with E-state index in [9.17, 15) is 9.59 Å². The zero-order chi connectivity index (χ0) is 16.2. The number of anilines is 2. The van der Waals surface area contributed by atoms with E-state index in [1.165, 1.54) is 4.40 Å². The first-order chi connectivity index (χ1) is 11.2. The van der Waals surface area contributed by atoms with Crippen LogP contribution in [0.4, 0.5) is 11.5 Å². The summed E-state index contributed by atoms with van der Waals surface area (Å²) in [6.07, 6.45) is 1.57. The maximum absolute atomic E-state index is 12.6. The van der Waals surface area contributed by atoms with Gasteiger partial charge in [0.05, 0.1) is 6.61 Å². The molecule has 116 valence electrons. The first-order valence-corrected chi connectivity index (χ1v) is 7.21. The van der Waals surface area contributed by atoms with Crippen LogP contribution in [0.1, 0.15) is 17.3 Å². The average molecular weight is 309 g/mol. The maximum atomic E-state index is 12.6. The molecule has 0 aliphatic heterocycles. The van der Waals surface area contributed by atoms with Gasteiger partial charge in [0.2, 0.25) is 0 Å². The van der Waals surface area contributed by atoms with Crippen molar-refractivity contribution in [3.05, 3.63) is 70.6 Å². The third-order valence-electron chi connectivity index (χ3n) is 3.25. The van der Waals surface area contributed by atoms with Crippen molar-refractivity contribution in [2.24, 2.45) is 0 Å². The number of fused-ring (bicyclic) bond motifs is 1. The Labute approximate surface area is 132 Å². The van der Waals surface area contributed by atoms with Crippen molar-refractivity contribution in [2.45, 2.75) is 6.92 Å². The molecule has 0 saturated carbocycles. The van der Waals surface area contributed by atoms with Gasteiger partial charge in [-0.3, -0.25) is 9.20 Å². The molecule has 0 unspecified atom stereocenters. The number of hydrogen-bond acceptors (Lipinski definition) is 5. The molecule has 0 bridgehead atoms. The fourth-order valence-corrected chi connectivity index (χ4v) is 2.23. The SMILES string of the molecule is CCOC(=O)c1c(Nc2ccccc2)nc2ccccn2c1=O. The summed E-state index contributed by atoms with van der Waals surface area (Å²) in [6, 6.07) is 14.4. The standard InChI is InChI=1S/C17H15N3O3/c1-2-23-17(22)14-15(18-12-8-4-3-5-9-12)19-13-10-6-7-11-20(13)16(14)21/h3-11,18H,2H2,1H3. The van der Waals surface area contributed by atoms with Crippen molar-refractivity contribution in [3.8, 4) is 0 Å². The van der Waals surface area contributed by atoms with E-state index >= 15 is 0 Å². The molecule has 0 aliphatic rings. The monoisotopic (exact) mass is 309 g/mol. The van der Waals surface area contributed by atoms with Crippen molar-refractivity contribution in [1.29, 1.82) is 0 Å². The van der Waals surface area contributed by atoms with Gasteiger partial charge in [0.1, 0.15) is 5.65 Å². The third kappa shape index (κ3) is 2.91. The van der Waals surface area contributed by atoms with E-state index in [1.54, 1.807) is 31.3 Å². The Kier molecular flexibility index (Phi) is 4.05. The first-order valence-electron chi connectivity index (χ1n) is 7.21. The number of carbonyl (C=O) groups is 1. The number of benzene rings is 1. The van der Waals surface area contributed by atoms with Gasteiger partial charge in [0.15, 0.2) is 11.4 Å². The van der Waals surface area contributed by atoms with E-state index in [1.807, 2.05) is 30.3 Å². The number of para-hydroxylation sites is 1. The maximum Gasteiger partial charge on any atom is 0.347 e. The molecule has 0 atom stereocenters. The summed E-state index contributed by atoms with van der Waals surface area (Å²) in [5.74, 6) is -0.507. The van der Waals surface area contributed by atoms with Gasteiger partial charge in [-0.25, -0.2) is 9.78 Å².